The molecule has 0 fully saturated rings. The molecule has 0 amide bonds. The third-order valence-corrected chi connectivity index (χ3v) is 2.54. The number of ether oxygens (including phenoxy) is 2. The zero-order valence-corrected chi connectivity index (χ0v) is 12.2. The third-order valence-electron chi connectivity index (χ3n) is 2.54. The quantitative estimate of drug-likeness (QED) is 0.427. The normalized spacial score (nSPS) is 10.8. The molecule has 0 saturated carbocycles. The van der Waals surface area contributed by atoms with Crippen LogP contribution in [0.2, 0.25) is 0 Å². The Morgan fingerprint density at radius 1 is 1.35 bits per heavy atom. The lowest BCUT2D eigenvalue weighted by Gasteiger charge is -2.10. The van der Waals surface area contributed by atoms with Crippen LogP contribution in [0.1, 0.15) is 19.4 Å². The highest BCUT2D eigenvalue weighted by Gasteiger charge is 2.15. The van der Waals surface area contributed by atoms with Gasteiger partial charge in [-0.15, -0.1) is 0 Å². The molecule has 0 atom stereocenters. The number of hydrogen-bond donors (Lipinski definition) is 1. The van der Waals surface area contributed by atoms with Crippen LogP contribution in [0.4, 0.5) is 5.69 Å². The number of rotatable bonds is 9. The highest BCUT2D eigenvalue weighted by molar-refractivity contribution is 5.48. The lowest BCUT2D eigenvalue weighted by molar-refractivity contribution is -0.385. The molecule has 1 N–H and O–H groups in total. The highest BCUT2D eigenvalue weighted by Crippen LogP contribution is 2.27. The van der Waals surface area contributed by atoms with E-state index in [2.05, 4.69) is 19.2 Å². The van der Waals surface area contributed by atoms with Crippen molar-refractivity contribution in [1.82, 2.24) is 5.32 Å². The first-order valence-electron chi connectivity index (χ1n) is 6.67. The van der Waals surface area contributed by atoms with E-state index < -0.39 is 4.92 Å². The molecular formula is C14H22N2O4. The zero-order chi connectivity index (χ0) is 15.0. The van der Waals surface area contributed by atoms with Crippen molar-refractivity contribution in [3.05, 3.63) is 33.9 Å². The molecule has 6 heteroatoms. The molecule has 20 heavy (non-hydrogen) atoms. The molecule has 0 aliphatic heterocycles. The molecule has 0 spiro atoms. The zero-order valence-electron chi connectivity index (χ0n) is 12.2. The lowest BCUT2D eigenvalue weighted by atomic mass is 10.2. The van der Waals surface area contributed by atoms with Gasteiger partial charge in [-0.1, -0.05) is 19.9 Å². The van der Waals surface area contributed by atoms with Crippen LogP contribution in [-0.4, -0.2) is 31.8 Å². The molecule has 0 aromatic heterocycles. The van der Waals surface area contributed by atoms with Crippen molar-refractivity contribution in [3.8, 4) is 5.75 Å². The average molecular weight is 282 g/mol. The van der Waals surface area contributed by atoms with E-state index in [9.17, 15) is 10.1 Å². The fraction of sp³-hybridized carbons (Fsp3) is 0.571. The predicted molar refractivity (Wildman–Crippen MR) is 77.0 cm³/mol. The number of hydrogen-bond acceptors (Lipinski definition) is 5. The summed E-state index contributed by atoms with van der Waals surface area (Å²) in [6.45, 7) is 6.14. The molecule has 0 bridgehead atoms. The minimum Gasteiger partial charge on any atom is -0.484 e. The summed E-state index contributed by atoms with van der Waals surface area (Å²) in [7, 11) is 1.82. The Labute approximate surface area is 119 Å². The van der Waals surface area contributed by atoms with Gasteiger partial charge in [0, 0.05) is 19.2 Å². The third kappa shape index (κ3) is 5.54. The van der Waals surface area contributed by atoms with Gasteiger partial charge >= 0.3 is 5.69 Å². The van der Waals surface area contributed by atoms with Crippen molar-refractivity contribution in [3.63, 3.8) is 0 Å². The molecule has 0 unspecified atom stereocenters. The van der Waals surface area contributed by atoms with Crippen LogP contribution in [0.25, 0.3) is 0 Å². The molecule has 0 heterocycles. The summed E-state index contributed by atoms with van der Waals surface area (Å²) < 4.78 is 10.9. The minimum atomic E-state index is -0.437. The van der Waals surface area contributed by atoms with Gasteiger partial charge < -0.3 is 14.8 Å². The summed E-state index contributed by atoms with van der Waals surface area (Å²) in [6.07, 6.45) is 0. The SMILES string of the molecule is CNCc1ccc([N+](=O)[O-])c(OCCOCC(C)C)c1. The molecule has 1 rings (SSSR count). The standard InChI is InChI=1S/C14H22N2O4/c1-11(2)10-19-6-7-20-14-8-12(9-15-3)4-5-13(14)16(17)18/h4-5,8,11,15H,6-7,9-10H2,1-3H3. The second kappa shape index (κ2) is 8.50. The fourth-order valence-electron chi connectivity index (χ4n) is 1.67. The number of nitro groups is 1. The first-order chi connectivity index (χ1) is 9.54. The van der Waals surface area contributed by atoms with Gasteiger partial charge in [0.2, 0.25) is 0 Å². The second-order valence-corrected chi connectivity index (χ2v) is 4.91. The van der Waals surface area contributed by atoms with Crippen molar-refractivity contribution in [2.75, 3.05) is 26.9 Å². The Balaban J connectivity index is 2.60. The summed E-state index contributed by atoms with van der Waals surface area (Å²) in [6, 6.07) is 4.88. The Morgan fingerprint density at radius 2 is 2.10 bits per heavy atom. The number of benzene rings is 1. The molecule has 0 aliphatic rings. The van der Waals surface area contributed by atoms with Crippen molar-refractivity contribution >= 4 is 5.69 Å². The summed E-state index contributed by atoms with van der Waals surface area (Å²) in [5.41, 5.74) is 0.921. The first kappa shape index (κ1) is 16.4. The summed E-state index contributed by atoms with van der Waals surface area (Å²) in [5.74, 6) is 0.749. The van der Waals surface area contributed by atoms with E-state index >= 15 is 0 Å². The van der Waals surface area contributed by atoms with Gasteiger partial charge in [0.25, 0.3) is 0 Å². The van der Waals surface area contributed by atoms with Gasteiger partial charge in [-0.3, -0.25) is 10.1 Å². The van der Waals surface area contributed by atoms with E-state index in [0.29, 0.717) is 32.3 Å². The van der Waals surface area contributed by atoms with E-state index in [-0.39, 0.29) is 11.4 Å². The summed E-state index contributed by atoms with van der Waals surface area (Å²) in [5, 5.41) is 13.9. The van der Waals surface area contributed by atoms with Gasteiger partial charge in [0.15, 0.2) is 5.75 Å². The van der Waals surface area contributed by atoms with Crippen LogP contribution in [-0.2, 0) is 11.3 Å². The van der Waals surface area contributed by atoms with E-state index in [1.165, 1.54) is 6.07 Å². The maximum atomic E-state index is 10.9. The predicted octanol–water partition coefficient (Wildman–Crippen LogP) is 2.37. The van der Waals surface area contributed by atoms with Gasteiger partial charge in [-0.05, 0) is 24.6 Å². The van der Waals surface area contributed by atoms with Gasteiger partial charge in [-0.2, -0.15) is 0 Å². The molecule has 1 aromatic carbocycles. The number of nitrogens with one attached hydrogen (secondary N) is 1. The van der Waals surface area contributed by atoms with Crippen molar-refractivity contribution in [2.45, 2.75) is 20.4 Å². The highest BCUT2D eigenvalue weighted by atomic mass is 16.6. The van der Waals surface area contributed by atoms with Crippen LogP contribution in [0.3, 0.4) is 0 Å². The maximum absolute atomic E-state index is 10.9. The van der Waals surface area contributed by atoms with Crippen molar-refractivity contribution in [1.29, 1.82) is 0 Å². The van der Waals surface area contributed by atoms with Crippen LogP contribution >= 0.6 is 0 Å². The molecule has 6 nitrogen and oxygen atoms in total. The smallest absolute Gasteiger partial charge is 0.310 e. The molecule has 1 aromatic rings. The van der Waals surface area contributed by atoms with E-state index in [4.69, 9.17) is 9.47 Å². The number of nitro benzene ring substituents is 1. The minimum absolute atomic E-state index is 0.0197. The van der Waals surface area contributed by atoms with Crippen LogP contribution in [0.5, 0.6) is 5.75 Å². The lowest BCUT2D eigenvalue weighted by Crippen LogP contribution is -2.11. The monoisotopic (exact) mass is 282 g/mol. The first-order valence-corrected chi connectivity index (χ1v) is 6.67. The summed E-state index contributed by atoms with van der Waals surface area (Å²) >= 11 is 0. The van der Waals surface area contributed by atoms with Gasteiger partial charge in [-0.25, -0.2) is 0 Å². The Kier molecular flexibility index (Phi) is 6.97. The largest absolute Gasteiger partial charge is 0.484 e. The second-order valence-electron chi connectivity index (χ2n) is 4.91. The van der Waals surface area contributed by atoms with E-state index in [0.717, 1.165) is 5.56 Å². The Hall–Kier alpha value is -1.66. The van der Waals surface area contributed by atoms with E-state index in [1.807, 2.05) is 7.05 Å². The molecule has 112 valence electrons. The maximum Gasteiger partial charge on any atom is 0.310 e. The van der Waals surface area contributed by atoms with Crippen molar-refractivity contribution < 1.29 is 14.4 Å². The fourth-order valence-corrected chi connectivity index (χ4v) is 1.67. The molecular weight excluding hydrogens is 260 g/mol. The Bertz CT molecular complexity index is 435. The Morgan fingerprint density at radius 3 is 2.70 bits per heavy atom. The van der Waals surface area contributed by atoms with Gasteiger partial charge in [0.05, 0.1) is 11.5 Å². The number of nitrogens with zero attached hydrogens (tertiary/aromatic N) is 1. The summed E-state index contributed by atoms with van der Waals surface area (Å²) in [4.78, 5) is 10.5. The molecule has 0 radical (unpaired) electrons. The van der Waals surface area contributed by atoms with Crippen molar-refractivity contribution in [2.24, 2.45) is 5.92 Å². The van der Waals surface area contributed by atoms with Crippen LogP contribution in [0.15, 0.2) is 18.2 Å². The molecule has 0 aliphatic carbocycles. The van der Waals surface area contributed by atoms with Gasteiger partial charge in [0.1, 0.15) is 6.61 Å². The average Bonchev–Trinajstić information content (AvgIpc) is 2.38. The van der Waals surface area contributed by atoms with Crippen LogP contribution < -0.4 is 10.1 Å². The van der Waals surface area contributed by atoms with Crippen LogP contribution in [0, 0.1) is 16.0 Å². The topological polar surface area (TPSA) is 73.6 Å². The molecule has 0 saturated heterocycles. The van der Waals surface area contributed by atoms with E-state index in [1.54, 1.807) is 12.1 Å².